The smallest absolute Gasteiger partial charge is 0.269 e. The maximum atomic E-state index is 11.8. The van der Waals surface area contributed by atoms with Gasteiger partial charge in [0.05, 0.1) is 11.0 Å². The zero-order chi connectivity index (χ0) is 24.4. The molecule has 3 heterocycles. The highest BCUT2D eigenvalue weighted by Gasteiger charge is 2.12. The first-order valence-corrected chi connectivity index (χ1v) is 11.2. The van der Waals surface area contributed by atoms with Gasteiger partial charge in [0, 0.05) is 61.1 Å². The number of imidazole rings is 1. The van der Waals surface area contributed by atoms with Crippen LogP contribution in [0.2, 0.25) is 5.02 Å². The third-order valence-electron chi connectivity index (χ3n) is 5.49. The van der Waals surface area contributed by atoms with Crippen molar-refractivity contribution >= 4 is 40.2 Å². The number of benzene rings is 2. The number of aryl methyl sites for hydroxylation is 1. The van der Waals surface area contributed by atoms with Crippen LogP contribution in [0.3, 0.4) is 0 Å². The number of hydrogen-bond acceptors (Lipinski definition) is 6. The number of hydrogen-bond donors (Lipinski definition) is 2. The van der Waals surface area contributed by atoms with Crippen molar-refractivity contribution in [3.63, 3.8) is 0 Å². The summed E-state index contributed by atoms with van der Waals surface area (Å²) < 4.78 is 7.93. The van der Waals surface area contributed by atoms with E-state index in [1.165, 1.54) is 6.20 Å². The molecule has 174 valence electrons. The zero-order valence-corrected chi connectivity index (χ0v) is 19.7. The van der Waals surface area contributed by atoms with Crippen molar-refractivity contribution in [2.24, 2.45) is 7.05 Å². The van der Waals surface area contributed by atoms with Gasteiger partial charge in [-0.25, -0.2) is 4.98 Å². The Labute approximate surface area is 206 Å². The lowest BCUT2D eigenvalue weighted by Crippen LogP contribution is -2.18. The summed E-state index contributed by atoms with van der Waals surface area (Å²) in [5.74, 6) is 1.51. The molecule has 0 spiro atoms. The number of carbonyl (C=O) groups is 1. The van der Waals surface area contributed by atoms with Crippen LogP contribution in [0.15, 0.2) is 79.3 Å². The second-order valence-corrected chi connectivity index (χ2v) is 8.17. The van der Waals surface area contributed by atoms with Crippen molar-refractivity contribution in [2.45, 2.75) is 0 Å². The SMILES string of the molecule is CNC(=O)c1cc(Oc2ccc3c(c2)nc(Nc2ccc(Cl)c(-c4ccncc4)c2)n3C)ccn1. The van der Waals surface area contributed by atoms with E-state index in [4.69, 9.17) is 21.3 Å². The second kappa shape index (κ2) is 9.44. The molecule has 0 radical (unpaired) electrons. The Kier molecular flexibility index (Phi) is 6.03. The summed E-state index contributed by atoms with van der Waals surface area (Å²) in [4.78, 5) is 24.7. The number of ether oxygens (including phenoxy) is 1. The summed E-state index contributed by atoms with van der Waals surface area (Å²) >= 11 is 6.44. The summed E-state index contributed by atoms with van der Waals surface area (Å²) in [6.45, 7) is 0. The Balaban J connectivity index is 1.41. The van der Waals surface area contributed by atoms with Crippen molar-refractivity contribution in [3.8, 4) is 22.6 Å². The molecule has 0 atom stereocenters. The summed E-state index contributed by atoms with van der Waals surface area (Å²) in [6, 6.07) is 18.5. The van der Waals surface area contributed by atoms with Crippen LogP contribution < -0.4 is 15.4 Å². The molecular formula is C26H21ClN6O2. The van der Waals surface area contributed by atoms with Crippen LogP contribution >= 0.6 is 11.6 Å². The summed E-state index contributed by atoms with van der Waals surface area (Å²) in [6.07, 6.45) is 5.01. The number of nitrogens with one attached hydrogen (secondary N) is 2. The van der Waals surface area contributed by atoms with Crippen LogP contribution in [0, 0.1) is 0 Å². The van der Waals surface area contributed by atoms with Gasteiger partial charge in [-0.3, -0.25) is 14.8 Å². The summed E-state index contributed by atoms with van der Waals surface area (Å²) in [7, 11) is 3.50. The van der Waals surface area contributed by atoms with E-state index in [0.29, 0.717) is 22.5 Å². The van der Waals surface area contributed by atoms with E-state index >= 15 is 0 Å². The van der Waals surface area contributed by atoms with Crippen LogP contribution in [0.5, 0.6) is 11.5 Å². The maximum Gasteiger partial charge on any atom is 0.269 e. The topological polar surface area (TPSA) is 94.0 Å². The number of fused-ring (bicyclic) bond motifs is 1. The summed E-state index contributed by atoms with van der Waals surface area (Å²) in [5.41, 5.74) is 4.72. The van der Waals surface area contributed by atoms with Crippen molar-refractivity contribution in [1.82, 2.24) is 24.8 Å². The fourth-order valence-corrected chi connectivity index (χ4v) is 3.93. The minimum absolute atomic E-state index is 0.277. The average molecular weight is 485 g/mol. The molecule has 2 aromatic carbocycles. The molecule has 9 heteroatoms. The van der Waals surface area contributed by atoms with Gasteiger partial charge in [-0.2, -0.15) is 0 Å². The third-order valence-corrected chi connectivity index (χ3v) is 5.82. The Morgan fingerprint density at radius 2 is 1.77 bits per heavy atom. The Morgan fingerprint density at radius 3 is 2.57 bits per heavy atom. The normalized spacial score (nSPS) is 10.8. The minimum atomic E-state index is -0.277. The lowest BCUT2D eigenvalue weighted by molar-refractivity contribution is 0.0958. The van der Waals surface area contributed by atoms with E-state index in [1.54, 1.807) is 31.6 Å². The number of nitrogens with zero attached hydrogens (tertiary/aromatic N) is 4. The first-order valence-electron chi connectivity index (χ1n) is 10.8. The first kappa shape index (κ1) is 22.4. The maximum absolute atomic E-state index is 11.8. The number of rotatable bonds is 6. The molecule has 0 aliphatic heterocycles. The van der Waals surface area contributed by atoms with Crippen molar-refractivity contribution in [2.75, 3.05) is 12.4 Å². The number of anilines is 2. The molecule has 0 bridgehead atoms. The van der Waals surface area contributed by atoms with Gasteiger partial charge in [-0.05, 0) is 54.1 Å². The first-order chi connectivity index (χ1) is 17.0. The predicted molar refractivity (Wildman–Crippen MR) is 136 cm³/mol. The van der Waals surface area contributed by atoms with Gasteiger partial charge in [0.15, 0.2) is 0 Å². The molecule has 0 saturated heterocycles. The summed E-state index contributed by atoms with van der Waals surface area (Å²) in [5, 5.41) is 6.59. The third kappa shape index (κ3) is 4.64. The fraction of sp³-hybridized carbons (Fsp3) is 0.0769. The predicted octanol–water partition coefficient (Wildman–Crippen LogP) is 5.58. The Hall–Kier alpha value is -4.43. The molecule has 1 amide bonds. The standard InChI is InChI=1S/C26H21ClN6O2/c1-28-25(34)23-15-19(9-12-30-23)35-18-4-6-24-22(14-18)32-26(33(24)2)31-17-3-5-21(27)20(13-17)16-7-10-29-11-8-16/h3-15H,1-2H3,(H,28,34)(H,31,32). The average Bonchev–Trinajstić information content (AvgIpc) is 3.19. The Bertz CT molecular complexity index is 1530. The van der Waals surface area contributed by atoms with Crippen LogP contribution in [0.1, 0.15) is 10.5 Å². The van der Waals surface area contributed by atoms with Gasteiger partial charge in [0.2, 0.25) is 5.95 Å². The highest BCUT2D eigenvalue weighted by atomic mass is 35.5. The lowest BCUT2D eigenvalue weighted by atomic mass is 10.1. The van der Waals surface area contributed by atoms with E-state index in [-0.39, 0.29) is 11.6 Å². The monoisotopic (exact) mass is 484 g/mol. The molecule has 0 aliphatic carbocycles. The van der Waals surface area contributed by atoms with Gasteiger partial charge in [0.1, 0.15) is 17.2 Å². The fourth-order valence-electron chi connectivity index (χ4n) is 3.70. The number of carbonyl (C=O) groups excluding carboxylic acids is 1. The minimum Gasteiger partial charge on any atom is -0.457 e. The number of amides is 1. The quantitative estimate of drug-likeness (QED) is 0.327. The molecule has 0 fully saturated rings. The molecule has 5 aromatic rings. The molecule has 8 nitrogen and oxygen atoms in total. The molecule has 0 aliphatic rings. The zero-order valence-electron chi connectivity index (χ0n) is 19.0. The van der Waals surface area contributed by atoms with Crippen LogP contribution in [-0.4, -0.2) is 32.5 Å². The molecule has 5 rings (SSSR count). The highest BCUT2D eigenvalue weighted by Crippen LogP contribution is 2.32. The highest BCUT2D eigenvalue weighted by molar-refractivity contribution is 6.33. The van der Waals surface area contributed by atoms with Crippen LogP contribution in [0.25, 0.3) is 22.2 Å². The van der Waals surface area contributed by atoms with E-state index in [9.17, 15) is 4.79 Å². The van der Waals surface area contributed by atoms with E-state index in [2.05, 4.69) is 20.6 Å². The van der Waals surface area contributed by atoms with Crippen molar-refractivity contribution in [3.05, 3.63) is 90.0 Å². The van der Waals surface area contributed by atoms with Gasteiger partial charge in [-0.15, -0.1) is 0 Å². The lowest BCUT2D eigenvalue weighted by Gasteiger charge is -2.10. The van der Waals surface area contributed by atoms with Gasteiger partial charge >= 0.3 is 0 Å². The number of halogens is 1. The van der Waals surface area contributed by atoms with Gasteiger partial charge in [0.25, 0.3) is 5.91 Å². The number of pyridine rings is 2. The molecule has 35 heavy (non-hydrogen) atoms. The molecule has 3 aromatic heterocycles. The second-order valence-electron chi connectivity index (χ2n) is 7.76. The molecule has 2 N–H and O–H groups in total. The Morgan fingerprint density at radius 1 is 0.971 bits per heavy atom. The van der Waals surface area contributed by atoms with Crippen molar-refractivity contribution in [1.29, 1.82) is 0 Å². The van der Waals surface area contributed by atoms with E-state index < -0.39 is 0 Å². The van der Waals surface area contributed by atoms with E-state index in [1.807, 2.05) is 60.1 Å². The van der Waals surface area contributed by atoms with Crippen LogP contribution in [0.4, 0.5) is 11.6 Å². The largest absolute Gasteiger partial charge is 0.457 e. The molecular weight excluding hydrogens is 464 g/mol. The van der Waals surface area contributed by atoms with E-state index in [0.717, 1.165) is 27.8 Å². The molecule has 0 unspecified atom stereocenters. The molecule has 0 saturated carbocycles. The number of aromatic nitrogens is 4. The van der Waals surface area contributed by atoms with Crippen molar-refractivity contribution < 1.29 is 9.53 Å². The van der Waals surface area contributed by atoms with Gasteiger partial charge in [-0.1, -0.05) is 11.6 Å². The van der Waals surface area contributed by atoms with Gasteiger partial charge < -0.3 is 19.9 Å². The van der Waals surface area contributed by atoms with Crippen LogP contribution in [-0.2, 0) is 7.05 Å².